The molecule has 1 unspecified atom stereocenters. The summed E-state index contributed by atoms with van der Waals surface area (Å²) < 4.78 is 4.96. The van der Waals surface area contributed by atoms with Crippen LogP contribution >= 0.6 is 0 Å². The minimum absolute atomic E-state index is 0.186. The van der Waals surface area contributed by atoms with E-state index in [-0.39, 0.29) is 11.1 Å². The summed E-state index contributed by atoms with van der Waals surface area (Å²) in [6, 6.07) is 15.0. The van der Waals surface area contributed by atoms with Gasteiger partial charge in [0.25, 0.3) is 5.91 Å². The van der Waals surface area contributed by atoms with Crippen molar-refractivity contribution in [3.05, 3.63) is 65.7 Å². The van der Waals surface area contributed by atoms with Crippen molar-refractivity contribution >= 4 is 23.3 Å². The van der Waals surface area contributed by atoms with Crippen LogP contribution in [0.5, 0.6) is 0 Å². The Bertz CT molecular complexity index is 724. The van der Waals surface area contributed by atoms with Crippen LogP contribution < -0.4 is 5.32 Å². The third-order valence-corrected chi connectivity index (χ3v) is 3.15. The van der Waals surface area contributed by atoms with Crippen LogP contribution in [0.4, 0.5) is 5.69 Å². The number of benzene rings is 2. The number of nitrogens with one attached hydrogen (secondary N) is 1. The molecule has 0 aromatic heterocycles. The normalized spacial score (nSPS) is 16.9. The smallest absolute Gasteiger partial charge is 0.340 e. The first-order valence-corrected chi connectivity index (χ1v) is 6.37. The van der Waals surface area contributed by atoms with E-state index in [0.717, 1.165) is 0 Å². The standard InChI is InChI=1S/C16H11NO4/c18-13-11-8-4-5-9-12(11)16(20)21-14(13)15(19)17-10-6-2-1-3-7-10/h1-9,14H,(H,17,19). The van der Waals surface area contributed by atoms with E-state index in [1.165, 1.54) is 12.1 Å². The number of carbonyl (C=O) groups is 3. The van der Waals surface area contributed by atoms with Crippen LogP contribution in [-0.4, -0.2) is 23.8 Å². The number of fused-ring (bicyclic) bond motifs is 1. The number of amides is 1. The van der Waals surface area contributed by atoms with E-state index in [4.69, 9.17) is 4.74 Å². The molecule has 0 spiro atoms. The quantitative estimate of drug-likeness (QED) is 0.675. The monoisotopic (exact) mass is 281 g/mol. The molecule has 2 aromatic rings. The van der Waals surface area contributed by atoms with E-state index in [1.54, 1.807) is 42.5 Å². The Kier molecular flexibility index (Phi) is 3.23. The first kappa shape index (κ1) is 13.1. The van der Waals surface area contributed by atoms with E-state index in [2.05, 4.69) is 5.32 Å². The summed E-state index contributed by atoms with van der Waals surface area (Å²) >= 11 is 0. The first-order chi connectivity index (χ1) is 10.2. The Balaban J connectivity index is 1.86. The van der Waals surface area contributed by atoms with E-state index in [0.29, 0.717) is 5.69 Å². The number of esters is 1. The lowest BCUT2D eigenvalue weighted by Crippen LogP contribution is -2.43. The molecular formula is C16H11NO4. The maximum absolute atomic E-state index is 12.3. The minimum atomic E-state index is -1.45. The summed E-state index contributed by atoms with van der Waals surface area (Å²) in [6.07, 6.45) is -1.45. The highest BCUT2D eigenvalue weighted by molar-refractivity contribution is 6.22. The lowest BCUT2D eigenvalue weighted by Gasteiger charge is -2.22. The molecule has 2 aromatic carbocycles. The van der Waals surface area contributed by atoms with Crippen molar-refractivity contribution in [3.63, 3.8) is 0 Å². The Morgan fingerprint density at radius 1 is 0.905 bits per heavy atom. The number of hydrogen-bond acceptors (Lipinski definition) is 4. The molecule has 21 heavy (non-hydrogen) atoms. The fourth-order valence-corrected chi connectivity index (χ4v) is 2.14. The van der Waals surface area contributed by atoms with Crippen LogP contribution in [-0.2, 0) is 9.53 Å². The number of ketones is 1. The Morgan fingerprint density at radius 2 is 1.52 bits per heavy atom. The van der Waals surface area contributed by atoms with E-state index in [1.807, 2.05) is 0 Å². The first-order valence-electron chi connectivity index (χ1n) is 6.37. The molecule has 104 valence electrons. The molecule has 1 heterocycles. The van der Waals surface area contributed by atoms with E-state index >= 15 is 0 Å². The Labute approximate surface area is 120 Å². The predicted octanol–water partition coefficient (Wildman–Crippen LogP) is 2.05. The lowest BCUT2D eigenvalue weighted by molar-refractivity contribution is -0.122. The number of cyclic esters (lactones) is 1. The van der Waals surface area contributed by atoms with Crippen LogP contribution in [0.25, 0.3) is 0 Å². The SMILES string of the molecule is O=C1OC(C(=O)Nc2ccccc2)C(=O)c2ccccc21. The second-order valence-electron chi connectivity index (χ2n) is 4.55. The van der Waals surface area contributed by atoms with Gasteiger partial charge in [0, 0.05) is 11.3 Å². The molecule has 0 saturated carbocycles. The third kappa shape index (κ3) is 2.41. The zero-order valence-corrected chi connectivity index (χ0v) is 10.9. The van der Waals surface area contributed by atoms with Gasteiger partial charge in [-0.05, 0) is 18.2 Å². The maximum Gasteiger partial charge on any atom is 0.340 e. The van der Waals surface area contributed by atoms with Crippen LogP contribution in [0.1, 0.15) is 20.7 Å². The summed E-state index contributed by atoms with van der Waals surface area (Å²) in [5.74, 6) is -1.84. The molecular weight excluding hydrogens is 270 g/mol. The highest BCUT2D eigenvalue weighted by Crippen LogP contribution is 2.21. The molecule has 1 N–H and O–H groups in total. The number of anilines is 1. The highest BCUT2D eigenvalue weighted by Gasteiger charge is 2.38. The molecule has 0 bridgehead atoms. The number of Topliss-reactive ketones (excluding diaryl/α,β-unsaturated/α-hetero) is 1. The third-order valence-electron chi connectivity index (χ3n) is 3.15. The van der Waals surface area contributed by atoms with Crippen LogP contribution in [0.2, 0.25) is 0 Å². The summed E-state index contributed by atoms with van der Waals surface area (Å²) in [4.78, 5) is 36.2. The highest BCUT2D eigenvalue weighted by atomic mass is 16.6. The fraction of sp³-hybridized carbons (Fsp3) is 0.0625. The van der Waals surface area contributed by atoms with Crippen molar-refractivity contribution in [2.24, 2.45) is 0 Å². The largest absolute Gasteiger partial charge is 0.440 e. The van der Waals surface area contributed by atoms with Gasteiger partial charge in [0.15, 0.2) is 0 Å². The van der Waals surface area contributed by atoms with Crippen molar-refractivity contribution in [1.82, 2.24) is 0 Å². The zero-order chi connectivity index (χ0) is 14.8. The molecule has 0 fully saturated rings. The van der Waals surface area contributed by atoms with Gasteiger partial charge in [0.1, 0.15) is 0 Å². The maximum atomic E-state index is 12.3. The predicted molar refractivity (Wildman–Crippen MR) is 75.0 cm³/mol. The van der Waals surface area contributed by atoms with Gasteiger partial charge in [0.05, 0.1) is 5.56 Å². The average molecular weight is 281 g/mol. The Hall–Kier alpha value is -2.95. The van der Waals surface area contributed by atoms with Gasteiger partial charge in [-0.15, -0.1) is 0 Å². The summed E-state index contributed by atoms with van der Waals surface area (Å²) in [7, 11) is 0. The second-order valence-corrected chi connectivity index (χ2v) is 4.55. The molecule has 1 aliphatic rings. The lowest BCUT2D eigenvalue weighted by atomic mass is 9.97. The molecule has 5 nitrogen and oxygen atoms in total. The van der Waals surface area contributed by atoms with Gasteiger partial charge in [-0.2, -0.15) is 0 Å². The van der Waals surface area contributed by atoms with Gasteiger partial charge in [-0.1, -0.05) is 36.4 Å². The minimum Gasteiger partial charge on any atom is -0.440 e. The van der Waals surface area contributed by atoms with Gasteiger partial charge >= 0.3 is 5.97 Å². The zero-order valence-electron chi connectivity index (χ0n) is 10.9. The average Bonchev–Trinajstić information content (AvgIpc) is 2.52. The van der Waals surface area contributed by atoms with Gasteiger partial charge in [-0.25, -0.2) is 4.79 Å². The van der Waals surface area contributed by atoms with Crippen LogP contribution in [0.15, 0.2) is 54.6 Å². The summed E-state index contributed by atoms with van der Waals surface area (Å²) in [5, 5.41) is 2.56. The van der Waals surface area contributed by atoms with Crippen molar-refractivity contribution in [1.29, 1.82) is 0 Å². The van der Waals surface area contributed by atoms with Crippen molar-refractivity contribution in [2.45, 2.75) is 6.10 Å². The van der Waals surface area contributed by atoms with Gasteiger partial charge < -0.3 is 10.1 Å². The van der Waals surface area contributed by atoms with Crippen molar-refractivity contribution in [2.75, 3.05) is 5.32 Å². The van der Waals surface area contributed by atoms with Crippen molar-refractivity contribution < 1.29 is 19.1 Å². The van der Waals surface area contributed by atoms with E-state index in [9.17, 15) is 14.4 Å². The van der Waals surface area contributed by atoms with Crippen LogP contribution in [0, 0.1) is 0 Å². The molecule has 3 rings (SSSR count). The van der Waals surface area contributed by atoms with Crippen molar-refractivity contribution in [3.8, 4) is 0 Å². The van der Waals surface area contributed by atoms with Crippen LogP contribution in [0.3, 0.4) is 0 Å². The number of hydrogen-bond donors (Lipinski definition) is 1. The molecule has 0 radical (unpaired) electrons. The Morgan fingerprint density at radius 3 is 2.24 bits per heavy atom. The topological polar surface area (TPSA) is 72.5 Å². The summed E-state index contributed by atoms with van der Waals surface area (Å²) in [6.45, 7) is 0. The molecule has 0 saturated heterocycles. The summed E-state index contributed by atoms with van der Waals surface area (Å²) in [5.41, 5.74) is 0.929. The van der Waals surface area contributed by atoms with Gasteiger partial charge in [-0.3, -0.25) is 9.59 Å². The number of ether oxygens (including phenoxy) is 1. The molecule has 0 aliphatic carbocycles. The molecule has 1 atom stereocenters. The number of para-hydroxylation sites is 1. The molecule has 1 amide bonds. The number of rotatable bonds is 2. The molecule has 1 aliphatic heterocycles. The number of carbonyl (C=O) groups excluding carboxylic acids is 3. The van der Waals surface area contributed by atoms with Gasteiger partial charge in [0.2, 0.25) is 11.9 Å². The second kappa shape index (κ2) is 5.20. The molecule has 5 heteroatoms. The fourth-order valence-electron chi connectivity index (χ4n) is 2.14. The van der Waals surface area contributed by atoms with E-state index < -0.39 is 23.8 Å².